The van der Waals surface area contributed by atoms with Gasteiger partial charge in [0.25, 0.3) is 0 Å². The average Bonchev–Trinajstić information content (AvgIpc) is 3.14. The maximum absolute atomic E-state index is 13.4. The predicted octanol–water partition coefficient (Wildman–Crippen LogP) is 2.01. The van der Waals surface area contributed by atoms with Crippen molar-refractivity contribution in [3.8, 4) is 11.5 Å². The van der Waals surface area contributed by atoms with Gasteiger partial charge in [-0.3, -0.25) is 0 Å². The molecule has 2 aromatic rings. The van der Waals surface area contributed by atoms with Crippen molar-refractivity contribution in [3.63, 3.8) is 0 Å². The number of likely N-dealkylation sites (tertiary alicyclic amines) is 1. The first-order valence-electron chi connectivity index (χ1n) is 11.6. The first kappa shape index (κ1) is 21.4. The van der Waals surface area contributed by atoms with Crippen LogP contribution < -0.4 is 4.74 Å². The molecule has 2 fully saturated rings. The topological polar surface area (TPSA) is 90.3 Å². The van der Waals surface area contributed by atoms with E-state index in [0.29, 0.717) is 31.4 Å². The highest BCUT2D eigenvalue weighted by Crippen LogP contribution is 2.65. The molecule has 0 amide bonds. The largest absolute Gasteiger partial charge is 0.504 e. The van der Waals surface area contributed by atoms with Crippen LogP contribution in [0.25, 0.3) is 0 Å². The molecule has 1 spiro atoms. The Balaban J connectivity index is 1.45. The SMILES string of the molecule is CN1CC[C@]23c4c5ccc(O)c4O[C@H]2[C@@H](N(C)S(=O)(=O)Cc2ccccc2)CC[C@@]3(O)[C@H]1C5. The van der Waals surface area contributed by atoms with Crippen molar-refractivity contribution in [3.05, 3.63) is 59.2 Å². The molecule has 33 heavy (non-hydrogen) atoms. The second-order valence-corrected chi connectivity index (χ2v) is 12.2. The van der Waals surface area contributed by atoms with Gasteiger partial charge < -0.3 is 19.8 Å². The van der Waals surface area contributed by atoms with Crippen molar-refractivity contribution in [2.75, 3.05) is 20.6 Å². The van der Waals surface area contributed by atoms with Crippen LogP contribution in [0.3, 0.4) is 0 Å². The number of hydrogen-bond acceptors (Lipinski definition) is 6. The fourth-order valence-corrected chi connectivity index (χ4v) is 8.64. The van der Waals surface area contributed by atoms with Crippen molar-refractivity contribution < 1.29 is 23.4 Å². The molecule has 2 heterocycles. The zero-order valence-corrected chi connectivity index (χ0v) is 19.8. The summed E-state index contributed by atoms with van der Waals surface area (Å²) in [5, 5.41) is 22.9. The van der Waals surface area contributed by atoms with E-state index in [1.165, 1.54) is 4.31 Å². The normalized spacial score (nSPS) is 34.7. The first-order valence-corrected chi connectivity index (χ1v) is 13.2. The van der Waals surface area contributed by atoms with Crippen LogP contribution in [0.5, 0.6) is 11.5 Å². The molecule has 8 heteroatoms. The van der Waals surface area contributed by atoms with Gasteiger partial charge in [-0.1, -0.05) is 36.4 Å². The highest BCUT2D eigenvalue weighted by Gasteiger charge is 2.73. The van der Waals surface area contributed by atoms with Gasteiger partial charge in [-0.05, 0) is 56.5 Å². The highest BCUT2D eigenvalue weighted by molar-refractivity contribution is 7.88. The number of ether oxygens (including phenoxy) is 1. The van der Waals surface area contributed by atoms with Crippen LogP contribution in [0.4, 0.5) is 0 Å². The highest BCUT2D eigenvalue weighted by atomic mass is 32.2. The number of benzene rings is 2. The molecule has 2 N–H and O–H groups in total. The van der Waals surface area contributed by atoms with Gasteiger partial charge in [0, 0.05) is 18.7 Å². The van der Waals surface area contributed by atoms with Crippen LogP contribution in [-0.4, -0.2) is 72.3 Å². The minimum atomic E-state index is -3.62. The summed E-state index contributed by atoms with van der Waals surface area (Å²) >= 11 is 0. The van der Waals surface area contributed by atoms with Crippen molar-refractivity contribution in [2.45, 2.75) is 60.6 Å². The molecule has 2 bridgehead atoms. The van der Waals surface area contributed by atoms with Crippen molar-refractivity contribution >= 4 is 10.0 Å². The lowest BCUT2D eigenvalue weighted by atomic mass is 9.48. The Hall–Kier alpha value is -2.13. The second kappa shape index (κ2) is 6.95. The molecule has 176 valence electrons. The Bertz CT molecular complexity index is 1220. The maximum Gasteiger partial charge on any atom is 0.218 e. The molecule has 4 aliphatic rings. The zero-order valence-electron chi connectivity index (χ0n) is 18.9. The van der Waals surface area contributed by atoms with Crippen LogP contribution in [0, 0.1) is 0 Å². The fraction of sp³-hybridized carbons (Fsp3) is 0.520. The third-order valence-corrected chi connectivity index (χ3v) is 10.6. The number of phenolic OH excluding ortho intramolecular Hbond substituents is 1. The molecule has 0 unspecified atom stereocenters. The van der Waals surface area contributed by atoms with E-state index in [1.807, 2.05) is 36.4 Å². The Morgan fingerprint density at radius 2 is 1.94 bits per heavy atom. The molecular formula is C25H30N2O5S. The number of likely N-dealkylation sites (N-methyl/N-ethyl adjacent to an activating group) is 2. The van der Waals surface area contributed by atoms with Crippen LogP contribution in [0.1, 0.15) is 36.0 Å². The lowest BCUT2D eigenvalue weighted by Gasteiger charge is -2.64. The van der Waals surface area contributed by atoms with Crippen molar-refractivity contribution in [1.29, 1.82) is 0 Å². The monoisotopic (exact) mass is 470 g/mol. The number of phenols is 1. The fourth-order valence-electron chi connectivity index (χ4n) is 7.19. The van der Waals surface area contributed by atoms with Crippen LogP contribution in [0.15, 0.2) is 42.5 Å². The molecule has 1 saturated carbocycles. The first-order chi connectivity index (χ1) is 15.7. The standard InChI is InChI=1S/C25H30N2O5S/c1-26-13-12-24-21-17-8-9-19(28)22(21)32-23(24)18(10-11-25(24,29)20(26)14-17)27(2)33(30,31)15-16-6-4-3-5-7-16/h3-9,18,20,23,28-29H,10-15H2,1-2H3/t18-,20+,23-,24-,25+/m0/s1. The summed E-state index contributed by atoms with van der Waals surface area (Å²) in [6.45, 7) is 0.786. The van der Waals surface area contributed by atoms with E-state index in [-0.39, 0.29) is 17.5 Å². The van der Waals surface area contributed by atoms with Gasteiger partial charge in [-0.25, -0.2) is 8.42 Å². The third kappa shape index (κ3) is 2.69. The van der Waals surface area contributed by atoms with Gasteiger partial charge in [0.15, 0.2) is 11.5 Å². The van der Waals surface area contributed by atoms with E-state index in [2.05, 4.69) is 11.9 Å². The molecule has 2 aliphatic heterocycles. The van der Waals surface area contributed by atoms with Gasteiger partial charge in [-0.2, -0.15) is 4.31 Å². The Morgan fingerprint density at radius 3 is 2.70 bits per heavy atom. The summed E-state index contributed by atoms with van der Waals surface area (Å²) in [7, 11) is 0.0611. The molecule has 1 saturated heterocycles. The summed E-state index contributed by atoms with van der Waals surface area (Å²) in [5.74, 6) is 0.407. The Labute approximate surface area is 194 Å². The van der Waals surface area contributed by atoms with Gasteiger partial charge in [0.1, 0.15) is 6.10 Å². The smallest absolute Gasteiger partial charge is 0.218 e. The van der Waals surface area contributed by atoms with E-state index in [1.54, 1.807) is 13.1 Å². The van der Waals surface area contributed by atoms with Gasteiger partial charge in [0.05, 0.1) is 22.8 Å². The van der Waals surface area contributed by atoms with Gasteiger partial charge in [0.2, 0.25) is 10.0 Å². The van der Waals surface area contributed by atoms with Gasteiger partial charge >= 0.3 is 0 Å². The number of nitrogens with zero attached hydrogens (tertiary/aromatic N) is 2. The third-order valence-electron chi connectivity index (χ3n) is 8.80. The summed E-state index contributed by atoms with van der Waals surface area (Å²) in [6.07, 6.45) is 1.80. The van der Waals surface area contributed by atoms with E-state index >= 15 is 0 Å². The minimum absolute atomic E-state index is 0.0609. The van der Waals surface area contributed by atoms with E-state index < -0.39 is 33.2 Å². The number of aromatic hydroxyl groups is 1. The predicted molar refractivity (Wildman–Crippen MR) is 124 cm³/mol. The van der Waals surface area contributed by atoms with Crippen LogP contribution >= 0.6 is 0 Å². The van der Waals surface area contributed by atoms with Gasteiger partial charge in [-0.15, -0.1) is 0 Å². The minimum Gasteiger partial charge on any atom is -0.504 e. The number of piperidine rings is 1. The molecule has 2 aromatic carbocycles. The Kier molecular flexibility index (Phi) is 4.51. The molecule has 7 nitrogen and oxygen atoms in total. The Morgan fingerprint density at radius 1 is 1.18 bits per heavy atom. The molecular weight excluding hydrogens is 440 g/mol. The van der Waals surface area contributed by atoms with Crippen LogP contribution in [-0.2, 0) is 27.6 Å². The summed E-state index contributed by atoms with van der Waals surface area (Å²) in [4.78, 5) is 2.23. The van der Waals surface area contributed by atoms with E-state index in [4.69, 9.17) is 4.74 Å². The zero-order chi connectivity index (χ0) is 23.2. The number of sulfonamides is 1. The molecule has 0 radical (unpaired) electrons. The average molecular weight is 471 g/mol. The summed E-state index contributed by atoms with van der Waals surface area (Å²) in [6, 6.07) is 12.3. The second-order valence-electron chi connectivity index (χ2n) is 10.2. The molecule has 6 rings (SSSR count). The van der Waals surface area contributed by atoms with E-state index in [9.17, 15) is 18.6 Å². The number of hydrogen-bond donors (Lipinski definition) is 2. The number of rotatable bonds is 4. The molecule has 5 atom stereocenters. The maximum atomic E-state index is 13.4. The quantitative estimate of drug-likeness (QED) is 0.711. The molecule has 0 aromatic heterocycles. The van der Waals surface area contributed by atoms with Crippen molar-refractivity contribution in [1.82, 2.24) is 9.21 Å². The summed E-state index contributed by atoms with van der Waals surface area (Å²) < 4.78 is 34.8. The summed E-state index contributed by atoms with van der Waals surface area (Å²) in [5.41, 5.74) is 0.963. The lowest BCUT2D eigenvalue weighted by molar-refractivity contribution is -0.191. The lowest BCUT2D eigenvalue weighted by Crippen LogP contribution is -2.77. The molecule has 2 aliphatic carbocycles. The van der Waals surface area contributed by atoms with E-state index in [0.717, 1.165) is 23.2 Å². The van der Waals surface area contributed by atoms with Crippen LogP contribution in [0.2, 0.25) is 0 Å². The number of aliphatic hydroxyl groups is 1. The van der Waals surface area contributed by atoms with Crippen molar-refractivity contribution in [2.24, 2.45) is 0 Å².